The number of urea groups is 1. The van der Waals surface area contributed by atoms with E-state index in [1.807, 2.05) is 0 Å². The Hall–Kier alpha value is -0.730. The molecule has 1 aliphatic heterocycles. The lowest BCUT2D eigenvalue weighted by molar-refractivity contribution is 0.131. The van der Waals surface area contributed by atoms with Crippen molar-refractivity contribution in [2.45, 2.75) is 58.4 Å². The largest absolute Gasteiger partial charge is 0.325 e. The Morgan fingerprint density at radius 3 is 2.41 bits per heavy atom. The smallest absolute Gasteiger partial charge is 0.320 e. The van der Waals surface area contributed by atoms with Crippen LogP contribution in [0.4, 0.5) is 4.79 Å². The highest BCUT2D eigenvalue weighted by molar-refractivity contribution is 5.75. The monoisotopic (exact) mass is 238 g/mol. The van der Waals surface area contributed by atoms with Gasteiger partial charge in [0.2, 0.25) is 0 Å². The van der Waals surface area contributed by atoms with Crippen molar-refractivity contribution in [3.05, 3.63) is 0 Å². The van der Waals surface area contributed by atoms with E-state index in [-0.39, 0.29) is 0 Å². The quantitative estimate of drug-likeness (QED) is 0.738. The van der Waals surface area contributed by atoms with Gasteiger partial charge in [0.1, 0.15) is 0 Å². The van der Waals surface area contributed by atoms with Crippen molar-refractivity contribution in [3.63, 3.8) is 0 Å². The molecule has 2 fully saturated rings. The lowest BCUT2D eigenvalue weighted by atomic mass is 9.99. The maximum absolute atomic E-state index is 12.4. The second-order valence-electron chi connectivity index (χ2n) is 5.73. The van der Waals surface area contributed by atoms with Gasteiger partial charge in [-0.3, -0.25) is 0 Å². The molecule has 0 bridgehead atoms. The molecule has 98 valence electrons. The van der Waals surface area contributed by atoms with E-state index in [1.165, 1.54) is 32.1 Å². The Morgan fingerprint density at radius 2 is 1.88 bits per heavy atom. The van der Waals surface area contributed by atoms with Crippen molar-refractivity contribution in [1.29, 1.82) is 0 Å². The Balaban J connectivity index is 1.86. The number of piperidine rings is 1. The summed E-state index contributed by atoms with van der Waals surface area (Å²) >= 11 is 0. The van der Waals surface area contributed by atoms with E-state index in [0.717, 1.165) is 32.0 Å². The van der Waals surface area contributed by atoms with Crippen molar-refractivity contribution in [2.24, 2.45) is 5.92 Å². The molecule has 0 aromatic rings. The van der Waals surface area contributed by atoms with Crippen molar-refractivity contribution in [2.75, 3.05) is 19.6 Å². The summed E-state index contributed by atoms with van der Waals surface area (Å²) < 4.78 is 0. The molecule has 0 spiro atoms. The van der Waals surface area contributed by atoms with E-state index in [1.54, 1.807) is 0 Å². The van der Waals surface area contributed by atoms with Gasteiger partial charge < -0.3 is 9.80 Å². The van der Waals surface area contributed by atoms with Crippen LogP contribution in [0.25, 0.3) is 0 Å². The molecule has 1 saturated heterocycles. The fourth-order valence-corrected chi connectivity index (χ4v) is 2.53. The summed E-state index contributed by atoms with van der Waals surface area (Å²) in [4.78, 5) is 16.7. The first-order valence-corrected chi connectivity index (χ1v) is 7.28. The van der Waals surface area contributed by atoms with Crippen molar-refractivity contribution in [3.8, 4) is 0 Å². The van der Waals surface area contributed by atoms with Crippen LogP contribution < -0.4 is 0 Å². The highest BCUT2D eigenvalue weighted by atomic mass is 16.2. The molecule has 1 heterocycles. The molecule has 2 aliphatic rings. The van der Waals surface area contributed by atoms with Crippen LogP contribution in [-0.4, -0.2) is 41.5 Å². The van der Waals surface area contributed by atoms with Crippen LogP contribution in [-0.2, 0) is 0 Å². The SMILES string of the molecule is CCCCN(C(=O)N1CCC(C)CC1)C1CC1. The predicted molar refractivity (Wildman–Crippen MR) is 70.0 cm³/mol. The Labute approximate surface area is 105 Å². The molecule has 1 aliphatic carbocycles. The summed E-state index contributed by atoms with van der Waals surface area (Å²) in [5.74, 6) is 0.795. The van der Waals surface area contributed by atoms with E-state index >= 15 is 0 Å². The van der Waals surface area contributed by atoms with E-state index < -0.39 is 0 Å². The van der Waals surface area contributed by atoms with Gasteiger partial charge in [0.15, 0.2) is 0 Å². The van der Waals surface area contributed by atoms with Crippen LogP contribution in [0.15, 0.2) is 0 Å². The van der Waals surface area contributed by atoms with Gasteiger partial charge in [-0.05, 0) is 38.0 Å². The number of carbonyl (C=O) groups excluding carboxylic acids is 1. The number of likely N-dealkylation sites (tertiary alicyclic amines) is 1. The zero-order chi connectivity index (χ0) is 12.3. The van der Waals surface area contributed by atoms with Gasteiger partial charge in [0.25, 0.3) is 0 Å². The fraction of sp³-hybridized carbons (Fsp3) is 0.929. The van der Waals surface area contributed by atoms with E-state index in [4.69, 9.17) is 0 Å². The van der Waals surface area contributed by atoms with Crippen LogP contribution in [0.1, 0.15) is 52.4 Å². The summed E-state index contributed by atoms with van der Waals surface area (Å²) in [5, 5.41) is 0. The predicted octanol–water partition coefficient (Wildman–Crippen LogP) is 3.10. The highest BCUT2D eigenvalue weighted by Gasteiger charge is 2.35. The Bertz CT molecular complexity index is 255. The van der Waals surface area contributed by atoms with Gasteiger partial charge in [-0.25, -0.2) is 4.79 Å². The summed E-state index contributed by atoms with van der Waals surface area (Å²) in [6.45, 7) is 7.38. The number of carbonyl (C=O) groups is 1. The van der Waals surface area contributed by atoms with E-state index in [9.17, 15) is 4.79 Å². The van der Waals surface area contributed by atoms with Crippen molar-refractivity contribution < 1.29 is 4.79 Å². The molecule has 2 rings (SSSR count). The number of amides is 2. The van der Waals surface area contributed by atoms with Crippen molar-refractivity contribution >= 4 is 6.03 Å². The molecule has 0 aromatic heterocycles. The van der Waals surface area contributed by atoms with Crippen LogP contribution >= 0.6 is 0 Å². The van der Waals surface area contributed by atoms with Crippen LogP contribution in [0.5, 0.6) is 0 Å². The van der Waals surface area contributed by atoms with Crippen LogP contribution in [0, 0.1) is 5.92 Å². The normalized spacial score (nSPS) is 21.6. The Kier molecular flexibility index (Phi) is 4.30. The van der Waals surface area contributed by atoms with Gasteiger partial charge in [-0.2, -0.15) is 0 Å². The average molecular weight is 238 g/mol. The number of hydrogen-bond donors (Lipinski definition) is 0. The van der Waals surface area contributed by atoms with Gasteiger partial charge >= 0.3 is 6.03 Å². The standard InChI is InChI=1S/C14H26N2O/c1-3-4-9-16(13-5-6-13)14(17)15-10-7-12(2)8-11-15/h12-13H,3-11H2,1-2H3. The lowest BCUT2D eigenvalue weighted by Crippen LogP contribution is -2.47. The molecule has 0 atom stereocenters. The molecule has 0 N–H and O–H groups in total. The summed E-state index contributed by atoms with van der Waals surface area (Å²) in [6, 6.07) is 0.876. The summed E-state index contributed by atoms with van der Waals surface area (Å²) in [7, 11) is 0. The molecule has 0 radical (unpaired) electrons. The van der Waals surface area contributed by atoms with Gasteiger partial charge in [-0.1, -0.05) is 20.3 Å². The van der Waals surface area contributed by atoms with E-state index in [0.29, 0.717) is 12.1 Å². The number of rotatable bonds is 4. The molecule has 3 heteroatoms. The minimum absolute atomic E-state index is 0.313. The molecular formula is C14H26N2O. The molecule has 0 aromatic carbocycles. The molecule has 17 heavy (non-hydrogen) atoms. The topological polar surface area (TPSA) is 23.6 Å². The maximum Gasteiger partial charge on any atom is 0.320 e. The first-order valence-electron chi connectivity index (χ1n) is 7.28. The second-order valence-corrected chi connectivity index (χ2v) is 5.73. The first-order chi connectivity index (χ1) is 8.22. The fourth-order valence-electron chi connectivity index (χ4n) is 2.53. The average Bonchev–Trinajstić information content (AvgIpc) is 3.14. The third-order valence-corrected chi connectivity index (χ3v) is 4.04. The first kappa shape index (κ1) is 12.7. The van der Waals surface area contributed by atoms with Crippen molar-refractivity contribution in [1.82, 2.24) is 9.80 Å². The van der Waals surface area contributed by atoms with Crippen LogP contribution in [0.3, 0.4) is 0 Å². The third kappa shape index (κ3) is 3.36. The molecule has 0 unspecified atom stereocenters. The third-order valence-electron chi connectivity index (χ3n) is 4.04. The van der Waals surface area contributed by atoms with E-state index in [2.05, 4.69) is 23.6 Å². The molecule has 1 saturated carbocycles. The minimum Gasteiger partial charge on any atom is -0.325 e. The molecular weight excluding hydrogens is 212 g/mol. The summed E-state index contributed by atoms with van der Waals surface area (Å²) in [6.07, 6.45) is 7.12. The zero-order valence-electron chi connectivity index (χ0n) is 11.3. The molecule has 3 nitrogen and oxygen atoms in total. The zero-order valence-corrected chi connectivity index (χ0v) is 11.3. The second kappa shape index (κ2) is 5.74. The van der Waals surface area contributed by atoms with Gasteiger partial charge in [0.05, 0.1) is 0 Å². The summed E-state index contributed by atoms with van der Waals surface area (Å²) in [5.41, 5.74) is 0. The molecule has 2 amide bonds. The number of nitrogens with zero attached hydrogens (tertiary/aromatic N) is 2. The minimum atomic E-state index is 0.313. The lowest BCUT2D eigenvalue weighted by Gasteiger charge is -2.35. The van der Waals surface area contributed by atoms with Crippen LogP contribution in [0.2, 0.25) is 0 Å². The Morgan fingerprint density at radius 1 is 1.24 bits per heavy atom. The van der Waals surface area contributed by atoms with Gasteiger partial charge in [0, 0.05) is 25.7 Å². The maximum atomic E-state index is 12.4. The highest BCUT2D eigenvalue weighted by Crippen LogP contribution is 2.29. The number of hydrogen-bond acceptors (Lipinski definition) is 1. The number of unbranched alkanes of at least 4 members (excludes halogenated alkanes) is 1. The van der Waals surface area contributed by atoms with Gasteiger partial charge in [-0.15, -0.1) is 0 Å².